The molecule has 0 saturated heterocycles. The molecule has 0 radical (unpaired) electrons. The average Bonchev–Trinajstić information content (AvgIpc) is 2.63. The van der Waals surface area contributed by atoms with Gasteiger partial charge >= 0.3 is 5.97 Å². The molecule has 1 N–H and O–H groups in total. The summed E-state index contributed by atoms with van der Waals surface area (Å²) in [5, 5.41) is 9.15. The molecule has 0 unspecified atom stereocenters. The molecule has 0 aromatic carbocycles. The van der Waals surface area contributed by atoms with Crippen LogP contribution >= 0.6 is 0 Å². The maximum Gasteiger partial charge on any atom is 0.333 e. The van der Waals surface area contributed by atoms with E-state index in [1.54, 1.807) is 6.92 Å². The summed E-state index contributed by atoms with van der Waals surface area (Å²) in [4.78, 5) is 13.1. The van der Waals surface area contributed by atoms with Gasteiger partial charge < -0.3 is 10.0 Å². The summed E-state index contributed by atoms with van der Waals surface area (Å²) in [6.07, 6.45) is 22.7. The molecule has 0 spiro atoms. The highest BCUT2D eigenvalue weighted by Gasteiger charge is 2.10. The molecule has 0 aliphatic carbocycles. The SMILES string of the molecule is CCCCCCCCCCCCCCCCCC/C(=C(/C)C(=O)O)N(C)C. The maximum absolute atomic E-state index is 11.1. The number of hydrogen-bond donors (Lipinski definition) is 1. The molecule has 0 aliphatic rings. The van der Waals surface area contributed by atoms with E-state index < -0.39 is 5.97 Å². The Labute approximate surface area is 169 Å². The maximum atomic E-state index is 11.1. The summed E-state index contributed by atoms with van der Waals surface area (Å²) in [6.45, 7) is 3.99. The van der Waals surface area contributed by atoms with Crippen LogP contribution in [0.3, 0.4) is 0 Å². The molecule has 0 aliphatic heterocycles. The second-order valence-electron chi connectivity index (χ2n) is 8.32. The van der Waals surface area contributed by atoms with Crippen LogP contribution in [0.4, 0.5) is 0 Å². The van der Waals surface area contributed by atoms with Crippen LogP contribution in [0, 0.1) is 0 Å². The lowest BCUT2D eigenvalue weighted by Crippen LogP contribution is -2.16. The molecule has 0 amide bonds. The molecule has 0 fully saturated rings. The molecule has 0 heterocycles. The first kappa shape index (κ1) is 26.0. The smallest absolute Gasteiger partial charge is 0.333 e. The van der Waals surface area contributed by atoms with Gasteiger partial charge in [-0.05, 0) is 19.8 Å². The first-order valence-corrected chi connectivity index (χ1v) is 11.6. The van der Waals surface area contributed by atoms with E-state index in [9.17, 15) is 4.79 Å². The summed E-state index contributed by atoms with van der Waals surface area (Å²) in [7, 11) is 3.88. The number of rotatable bonds is 19. The van der Waals surface area contributed by atoms with Gasteiger partial charge in [0, 0.05) is 19.8 Å². The van der Waals surface area contributed by atoms with Gasteiger partial charge in [0.15, 0.2) is 0 Å². The molecule has 0 aromatic heterocycles. The first-order chi connectivity index (χ1) is 13.0. The van der Waals surface area contributed by atoms with E-state index in [4.69, 9.17) is 5.11 Å². The molecule has 3 nitrogen and oxygen atoms in total. The minimum atomic E-state index is -0.796. The van der Waals surface area contributed by atoms with Crippen molar-refractivity contribution in [3.05, 3.63) is 11.3 Å². The zero-order valence-corrected chi connectivity index (χ0v) is 18.8. The lowest BCUT2D eigenvalue weighted by molar-refractivity contribution is -0.132. The quantitative estimate of drug-likeness (QED) is 0.185. The van der Waals surface area contributed by atoms with Crippen molar-refractivity contribution >= 4 is 5.97 Å². The van der Waals surface area contributed by atoms with Gasteiger partial charge in [0.05, 0.1) is 5.57 Å². The van der Waals surface area contributed by atoms with E-state index in [0.717, 1.165) is 18.5 Å². The van der Waals surface area contributed by atoms with E-state index in [0.29, 0.717) is 5.57 Å². The molecule has 160 valence electrons. The highest BCUT2D eigenvalue weighted by Crippen LogP contribution is 2.18. The number of unbranched alkanes of at least 4 members (excludes halogenated alkanes) is 15. The van der Waals surface area contributed by atoms with Crippen LogP contribution < -0.4 is 0 Å². The van der Waals surface area contributed by atoms with Crippen LogP contribution in [-0.2, 0) is 4.79 Å². The standard InChI is InChI=1S/C24H47NO2/c1-5-6-7-8-9-10-11-12-13-14-15-16-17-18-19-20-21-23(25(3)4)22(2)24(26)27/h5-21H2,1-4H3,(H,26,27)/b23-22+. The topological polar surface area (TPSA) is 40.5 Å². The van der Waals surface area contributed by atoms with Gasteiger partial charge in [-0.2, -0.15) is 0 Å². The third-order valence-corrected chi connectivity index (χ3v) is 5.56. The Morgan fingerprint density at radius 2 is 1.00 bits per heavy atom. The van der Waals surface area contributed by atoms with E-state index >= 15 is 0 Å². The van der Waals surface area contributed by atoms with E-state index in [1.807, 2.05) is 19.0 Å². The van der Waals surface area contributed by atoms with E-state index in [2.05, 4.69) is 6.92 Å². The van der Waals surface area contributed by atoms with Crippen molar-refractivity contribution in [2.24, 2.45) is 0 Å². The largest absolute Gasteiger partial charge is 0.478 e. The Balaban J connectivity index is 3.43. The van der Waals surface area contributed by atoms with Crippen molar-refractivity contribution < 1.29 is 9.90 Å². The van der Waals surface area contributed by atoms with Gasteiger partial charge in [-0.15, -0.1) is 0 Å². The number of carboxylic acid groups (broad SMARTS) is 1. The molecule has 0 saturated carbocycles. The van der Waals surface area contributed by atoms with Crippen LogP contribution in [0.1, 0.15) is 123 Å². The van der Waals surface area contributed by atoms with Gasteiger partial charge in [0.25, 0.3) is 0 Å². The highest BCUT2D eigenvalue weighted by atomic mass is 16.4. The Bertz CT molecular complexity index is 388. The molecule has 0 atom stereocenters. The minimum absolute atomic E-state index is 0.487. The Hall–Kier alpha value is -0.990. The second kappa shape index (κ2) is 18.4. The summed E-state index contributed by atoms with van der Waals surface area (Å²) in [5.41, 5.74) is 1.45. The number of carbonyl (C=O) groups is 1. The zero-order chi connectivity index (χ0) is 20.3. The van der Waals surface area contributed by atoms with Crippen molar-refractivity contribution in [3.63, 3.8) is 0 Å². The predicted molar refractivity (Wildman–Crippen MR) is 118 cm³/mol. The van der Waals surface area contributed by atoms with Crippen LogP contribution in [0.15, 0.2) is 11.3 Å². The summed E-state index contributed by atoms with van der Waals surface area (Å²) in [6, 6.07) is 0. The van der Waals surface area contributed by atoms with Crippen molar-refractivity contribution in [1.82, 2.24) is 4.90 Å². The highest BCUT2D eigenvalue weighted by molar-refractivity contribution is 5.86. The molecule has 0 aromatic rings. The van der Waals surface area contributed by atoms with E-state index in [-0.39, 0.29) is 0 Å². The normalized spacial score (nSPS) is 12.1. The molecule has 27 heavy (non-hydrogen) atoms. The average molecular weight is 382 g/mol. The summed E-state index contributed by atoms with van der Waals surface area (Å²) in [5.74, 6) is -0.796. The lowest BCUT2D eigenvalue weighted by atomic mass is 10.0. The zero-order valence-electron chi connectivity index (χ0n) is 18.8. The summed E-state index contributed by atoms with van der Waals surface area (Å²) >= 11 is 0. The van der Waals surface area contributed by atoms with Crippen molar-refractivity contribution in [2.45, 2.75) is 123 Å². The molecular weight excluding hydrogens is 334 g/mol. The molecule has 0 rings (SSSR count). The van der Waals surface area contributed by atoms with Crippen molar-refractivity contribution in [2.75, 3.05) is 14.1 Å². The number of hydrogen-bond acceptors (Lipinski definition) is 2. The van der Waals surface area contributed by atoms with Gasteiger partial charge in [-0.1, -0.05) is 103 Å². The number of carboxylic acids is 1. The third kappa shape index (κ3) is 15.7. The Kier molecular flexibility index (Phi) is 17.7. The number of allylic oxidation sites excluding steroid dienone is 1. The molecule has 0 bridgehead atoms. The van der Waals surface area contributed by atoms with Crippen LogP contribution in [0.25, 0.3) is 0 Å². The van der Waals surface area contributed by atoms with Crippen molar-refractivity contribution in [1.29, 1.82) is 0 Å². The van der Waals surface area contributed by atoms with Crippen molar-refractivity contribution in [3.8, 4) is 0 Å². The van der Waals surface area contributed by atoms with Crippen LogP contribution in [0.5, 0.6) is 0 Å². The van der Waals surface area contributed by atoms with Crippen LogP contribution in [-0.4, -0.2) is 30.1 Å². The molecule has 3 heteroatoms. The number of nitrogens with zero attached hydrogens (tertiary/aromatic N) is 1. The van der Waals surface area contributed by atoms with Gasteiger partial charge in [-0.3, -0.25) is 0 Å². The van der Waals surface area contributed by atoms with Gasteiger partial charge in [-0.25, -0.2) is 4.79 Å². The monoisotopic (exact) mass is 381 g/mol. The first-order valence-electron chi connectivity index (χ1n) is 11.6. The number of aliphatic carboxylic acids is 1. The predicted octanol–water partition coefficient (Wildman–Crippen LogP) is 7.56. The van der Waals surface area contributed by atoms with Crippen LogP contribution in [0.2, 0.25) is 0 Å². The second-order valence-corrected chi connectivity index (χ2v) is 8.32. The Morgan fingerprint density at radius 1 is 0.667 bits per heavy atom. The van der Waals surface area contributed by atoms with E-state index in [1.165, 1.54) is 96.3 Å². The van der Waals surface area contributed by atoms with Gasteiger partial charge in [0.2, 0.25) is 0 Å². The fourth-order valence-corrected chi connectivity index (χ4v) is 3.71. The van der Waals surface area contributed by atoms with Gasteiger partial charge in [0.1, 0.15) is 0 Å². The lowest BCUT2D eigenvalue weighted by Gasteiger charge is -2.19. The fourth-order valence-electron chi connectivity index (χ4n) is 3.71. The fraction of sp³-hybridized carbons (Fsp3) is 0.875. The minimum Gasteiger partial charge on any atom is -0.478 e. The summed E-state index contributed by atoms with van der Waals surface area (Å²) < 4.78 is 0. The molecular formula is C24H47NO2. The Morgan fingerprint density at radius 3 is 1.30 bits per heavy atom. The third-order valence-electron chi connectivity index (χ3n) is 5.56.